The number of aliphatic hydroxyl groups is 1. The first kappa shape index (κ1) is 23.4. The number of amides is 2. The first-order chi connectivity index (χ1) is 15.7. The Morgan fingerprint density at radius 2 is 1.82 bits per heavy atom. The van der Waals surface area contributed by atoms with E-state index >= 15 is 0 Å². The molecule has 2 bridgehead atoms. The number of carbonyl (C=O) groups excluding carboxylic acids is 2. The normalized spacial score (nSPS) is 23.6. The summed E-state index contributed by atoms with van der Waals surface area (Å²) in [5.41, 5.74) is 0.754. The molecule has 1 unspecified atom stereocenters. The molecule has 4 rings (SSSR count). The molecule has 2 aliphatic rings. The molecule has 0 radical (unpaired) electrons. The quantitative estimate of drug-likeness (QED) is 0.592. The number of nitrogens with zero attached hydrogens (tertiary/aromatic N) is 2. The van der Waals surface area contributed by atoms with Crippen LogP contribution in [-0.4, -0.2) is 63.7 Å². The Hall–Kier alpha value is -2.71. The van der Waals surface area contributed by atoms with E-state index < -0.39 is 6.10 Å². The summed E-state index contributed by atoms with van der Waals surface area (Å²) in [5.74, 6) is -0.465. The van der Waals surface area contributed by atoms with E-state index in [1.54, 1.807) is 10.6 Å². The van der Waals surface area contributed by atoms with Gasteiger partial charge in [-0.05, 0) is 57.0 Å². The van der Waals surface area contributed by atoms with Gasteiger partial charge in [0.2, 0.25) is 5.91 Å². The lowest BCUT2D eigenvalue weighted by Crippen LogP contribution is -2.53. The molecule has 2 aliphatic heterocycles. The lowest BCUT2D eigenvalue weighted by molar-refractivity contribution is -0.119. The van der Waals surface area contributed by atoms with Crippen LogP contribution in [0, 0.1) is 0 Å². The maximum atomic E-state index is 13.2. The van der Waals surface area contributed by atoms with E-state index in [1.807, 2.05) is 38.1 Å². The van der Waals surface area contributed by atoms with Gasteiger partial charge >= 0.3 is 0 Å². The van der Waals surface area contributed by atoms with Crippen molar-refractivity contribution in [3.63, 3.8) is 0 Å². The second-order valence-corrected chi connectivity index (χ2v) is 9.70. The number of fused-ring (bicyclic) bond motifs is 3. The molecule has 3 N–H and O–H groups in total. The van der Waals surface area contributed by atoms with Gasteiger partial charge < -0.3 is 20.3 Å². The predicted octanol–water partition coefficient (Wildman–Crippen LogP) is 1.80. The van der Waals surface area contributed by atoms with Gasteiger partial charge in [0.25, 0.3) is 11.5 Å². The molecule has 8 nitrogen and oxygen atoms in total. The smallest absolute Gasteiger partial charge is 0.264 e. The van der Waals surface area contributed by atoms with E-state index in [2.05, 4.69) is 15.5 Å². The first-order valence-electron chi connectivity index (χ1n) is 11.9. The molecule has 3 heterocycles. The number of carbonyl (C=O) groups is 2. The van der Waals surface area contributed by atoms with Crippen LogP contribution in [0.3, 0.4) is 0 Å². The Morgan fingerprint density at radius 3 is 2.45 bits per heavy atom. The molecule has 2 amide bonds. The topological polar surface area (TPSA) is 104 Å². The average molecular weight is 455 g/mol. The maximum absolute atomic E-state index is 13.2. The van der Waals surface area contributed by atoms with Gasteiger partial charge in [-0.1, -0.05) is 18.2 Å². The van der Waals surface area contributed by atoms with E-state index in [9.17, 15) is 19.5 Å². The van der Waals surface area contributed by atoms with Crippen LogP contribution in [0.25, 0.3) is 10.9 Å². The van der Waals surface area contributed by atoms with Crippen molar-refractivity contribution in [1.82, 2.24) is 20.1 Å². The highest BCUT2D eigenvalue weighted by Crippen LogP contribution is 2.35. The Balaban J connectivity index is 1.46. The van der Waals surface area contributed by atoms with Gasteiger partial charge in [0.1, 0.15) is 5.56 Å². The second kappa shape index (κ2) is 9.65. The monoisotopic (exact) mass is 454 g/mol. The summed E-state index contributed by atoms with van der Waals surface area (Å²) < 4.78 is 1.69. The summed E-state index contributed by atoms with van der Waals surface area (Å²) in [7, 11) is 0. The molecule has 2 saturated heterocycles. The third-order valence-corrected chi connectivity index (χ3v) is 6.93. The van der Waals surface area contributed by atoms with Crippen LogP contribution < -0.4 is 16.2 Å². The van der Waals surface area contributed by atoms with Gasteiger partial charge in [-0.3, -0.25) is 19.3 Å². The number of piperidine rings is 1. The number of nitrogens with one attached hydrogen (secondary N) is 2. The Kier molecular flexibility index (Phi) is 6.86. The van der Waals surface area contributed by atoms with E-state index in [0.717, 1.165) is 36.6 Å². The Bertz CT molecular complexity index is 1080. The fourth-order valence-corrected chi connectivity index (χ4v) is 5.48. The van der Waals surface area contributed by atoms with Crippen LogP contribution in [-0.2, 0) is 4.79 Å². The Morgan fingerprint density at radius 1 is 1.15 bits per heavy atom. The summed E-state index contributed by atoms with van der Waals surface area (Å²) in [5, 5.41) is 17.0. The highest BCUT2D eigenvalue weighted by molar-refractivity contribution is 5.97. The van der Waals surface area contributed by atoms with E-state index in [1.165, 1.54) is 6.92 Å². The standard InChI is InChI=1S/C25H34N4O4/c1-15(2)29-23-7-5-4-6-17(23)10-22(25(29)33)24(32)27-18-11-19-8-9-20(12-18)28(19)14-21(31)13-26-16(3)30/h4-7,10,15,18-21,31H,8-9,11-14H2,1-3H3,(H,26,30)(H,27,32)/t19-,20-,21?/m0/s1. The van der Waals surface area contributed by atoms with Crippen molar-refractivity contribution >= 4 is 22.7 Å². The third kappa shape index (κ3) is 4.96. The van der Waals surface area contributed by atoms with Gasteiger partial charge in [0.15, 0.2) is 0 Å². The van der Waals surface area contributed by atoms with Crippen LogP contribution in [0.4, 0.5) is 0 Å². The molecule has 0 spiro atoms. The minimum absolute atomic E-state index is 0.00268. The van der Waals surface area contributed by atoms with Crippen molar-refractivity contribution in [2.75, 3.05) is 13.1 Å². The van der Waals surface area contributed by atoms with Crippen LogP contribution in [0.15, 0.2) is 35.1 Å². The highest BCUT2D eigenvalue weighted by Gasteiger charge is 2.41. The van der Waals surface area contributed by atoms with Crippen molar-refractivity contribution in [3.8, 4) is 0 Å². The summed E-state index contributed by atoms with van der Waals surface area (Å²) in [6.07, 6.45) is 3.03. The molecular weight excluding hydrogens is 420 g/mol. The molecular formula is C25H34N4O4. The largest absolute Gasteiger partial charge is 0.390 e. The van der Waals surface area contributed by atoms with Crippen molar-refractivity contribution in [1.29, 1.82) is 0 Å². The zero-order valence-electron chi connectivity index (χ0n) is 19.6. The molecule has 1 aromatic heterocycles. The molecule has 3 atom stereocenters. The van der Waals surface area contributed by atoms with Crippen molar-refractivity contribution in [3.05, 3.63) is 46.2 Å². The lowest BCUT2D eigenvalue weighted by Gasteiger charge is -2.40. The van der Waals surface area contributed by atoms with Crippen molar-refractivity contribution in [2.45, 2.75) is 76.7 Å². The molecule has 8 heteroatoms. The van der Waals surface area contributed by atoms with Gasteiger partial charge in [-0.25, -0.2) is 0 Å². The molecule has 1 aromatic carbocycles. The van der Waals surface area contributed by atoms with Crippen LogP contribution >= 0.6 is 0 Å². The number of pyridine rings is 1. The van der Waals surface area contributed by atoms with Gasteiger partial charge in [-0.15, -0.1) is 0 Å². The fraction of sp³-hybridized carbons (Fsp3) is 0.560. The SMILES string of the molecule is CC(=O)NCC(O)CN1[C@H]2CC[C@H]1CC(NC(=O)c1cc3ccccc3n(C(C)C)c1=O)C2. The summed E-state index contributed by atoms with van der Waals surface area (Å²) in [6, 6.07) is 9.85. The lowest BCUT2D eigenvalue weighted by atomic mass is 9.96. The number of para-hydroxylation sites is 1. The van der Waals surface area contributed by atoms with Gasteiger partial charge in [0.05, 0.1) is 11.6 Å². The van der Waals surface area contributed by atoms with E-state index in [4.69, 9.17) is 0 Å². The second-order valence-electron chi connectivity index (χ2n) is 9.70. The zero-order valence-corrected chi connectivity index (χ0v) is 19.6. The van der Waals surface area contributed by atoms with Crippen LogP contribution in [0.1, 0.15) is 62.9 Å². The highest BCUT2D eigenvalue weighted by atomic mass is 16.3. The Labute approximate surface area is 194 Å². The summed E-state index contributed by atoms with van der Waals surface area (Å²) in [4.78, 5) is 39.8. The van der Waals surface area contributed by atoms with E-state index in [0.29, 0.717) is 6.54 Å². The zero-order chi connectivity index (χ0) is 23.7. The number of rotatable bonds is 7. The first-order valence-corrected chi connectivity index (χ1v) is 11.9. The summed E-state index contributed by atoms with van der Waals surface area (Å²) >= 11 is 0. The number of aliphatic hydroxyl groups excluding tert-OH is 1. The van der Waals surface area contributed by atoms with E-state index in [-0.39, 0.29) is 53.6 Å². The molecule has 2 fully saturated rings. The number of aromatic nitrogens is 1. The minimum atomic E-state index is -0.616. The average Bonchev–Trinajstić information content (AvgIpc) is 2.99. The molecule has 178 valence electrons. The van der Waals surface area contributed by atoms with Crippen LogP contribution in [0.2, 0.25) is 0 Å². The minimum Gasteiger partial charge on any atom is -0.390 e. The third-order valence-electron chi connectivity index (χ3n) is 6.93. The molecule has 0 saturated carbocycles. The molecule has 2 aromatic rings. The fourth-order valence-electron chi connectivity index (χ4n) is 5.48. The number of benzene rings is 1. The summed E-state index contributed by atoms with van der Waals surface area (Å²) in [6.45, 7) is 6.10. The van der Waals surface area contributed by atoms with Gasteiger partial charge in [0, 0.05) is 44.2 Å². The van der Waals surface area contributed by atoms with Gasteiger partial charge in [-0.2, -0.15) is 0 Å². The number of hydrogen-bond acceptors (Lipinski definition) is 5. The molecule has 33 heavy (non-hydrogen) atoms. The molecule has 0 aliphatic carbocycles. The van der Waals surface area contributed by atoms with Crippen molar-refractivity contribution < 1.29 is 14.7 Å². The van der Waals surface area contributed by atoms with Crippen LogP contribution in [0.5, 0.6) is 0 Å². The number of hydrogen-bond donors (Lipinski definition) is 3. The predicted molar refractivity (Wildman–Crippen MR) is 127 cm³/mol. The van der Waals surface area contributed by atoms with Crippen molar-refractivity contribution in [2.24, 2.45) is 0 Å². The maximum Gasteiger partial charge on any atom is 0.264 e.